The van der Waals surface area contributed by atoms with Crippen molar-refractivity contribution in [2.45, 2.75) is 13.3 Å². The van der Waals surface area contributed by atoms with E-state index in [-0.39, 0.29) is 5.82 Å². The molecule has 1 aromatic carbocycles. The summed E-state index contributed by atoms with van der Waals surface area (Å²) in [5.41, 5.74) is 9.36. The van der Waals surface area contributed by atoms with Gasteiger partial charge in [0.25, 0.3) is 0 Å². The van der Waals surface area contributed by atoms with Crippen LogP contribution in [0, 0.1) is 6.92 Å². The number of hydrogen-bond acceptors (Lipinski definition) is 4. The normalized spacial score (nSPS) is 11.0. The molecule has 2 aromatic heterocycles. The minimum atomic E-state index is 0.289. The molecular formula is C15H16ClN5. The van der Waals surface area contributed by atoms with Gasteiger partial charge in [0.05, 0.1) is 0 Å². The summed E-state index contributed by atoms with van der Waals surface area (Å²) in [5.74, 6) is 0.859. The van der Waals surface area contributed by atoms with E-state index in [1.165, 1.54) is 22.8 Å². The van der Waals surface area contributed by atoms with Gasteiger partial charge in [0.1, 0.15) is 23.0 Å². The quantitative estimate of drug-likeness (QED) is 0.691. The summed E-state index contributed by atoms with van der Waals surface area (Å²) in [7, 11) is 0. The Kier molecular flexibility index (Phi) is 3.66. The van der Waals surface area contributed by atoms with Gasteiger partial charge in [-0.15, -0.1) is 0 Å². The van der Waals surface area contributed by atoms with Gasteiger partial charge in [-0.3, -0.25) is 0 Å². The lowest BCUT2D eigenvalue weighted by Crippen LogP contribution is -2.08. The Morgan fingerprint density at radius 2 is 2.19 bits per heavy atom. The number of nitrogen functional groups attached to an aromatic ring is 1. The molecule has 2 heterocycles. The first kappa shape index (κ1) is 13.7. The molecule has 0 unspecified atom stereocenters. The van der Waals surface area contributed by atoms with Gasteiger partial charge in [-0.1, -0.05) is 23.7 Å². The lowest BCUT2D eigenvalue weighted by Gasteiger charge is -2.08. The first-order valence-electron chi connectivity index (χ1n) is 6.72. The predicted molar refractivity (Wildman–Crippen MR) is 86.7 cm³/mol. The first-order chi connectivity index (χ1) is 10.2. The van der Waals surface area contributed by atoms with E-state index in [4.69, 9.17) is 17.3 Å². The molecule has 108 valence electrons. The van der Waals surface area contributed by atoms with Crippen LogP contribution in [0.15, 0.2) is 30.7 Å². The molecule has 0 aliphatic rings. The molecule has 3 rings (SSSR count). The Labute approximate surface area is 127 Å². The molecule has 5 nitrogen and oxygen atoms in total. The fourth-order valence-electron chi connectivity index (χ4n) is 2.47. The van der Waals surface area contributed by atoms with Gasteiger partial charge in [0, 0.05) is 23.6 Å². The molecule has 0 saturated carbocycles. The number of anilines is 2. The third kappa shape index (κ3) is 2.64. The molecular weight excluding hydrogens is 286 g/mol. The van der Waals surface area contributed by atoms with Gasteiger partial charge in [0.2, 0.25) is 0 Å². The van der Waals surface area contributed by atoms with Crippen molar-refractivity contribution < 1.29 is 0 Å². The number of aryl methyl sites for hydroxylation is 1. The van der Waals surface area contributed by atoms with Crippen molar-refractivity contribution in [3.05, 3.63) is 46.9 Å². The molecule has 0 bridgehead atoms. The summed E-state index contributed by atoms with van der Waals surface area (Å²) in [6.45, 7) is 2.84. The zero-order chi connectivity index (χ0) is 14.8. The summed E-state index contributed by atoms with van der Waals surface area (Å²) in [5, 5.41) is 4.85. The number of hydrogen-bond donors (Lipinski definition) is 3. The van der Waals surface area contributed by atoms with E-state index >= 15 is 0 Å². The molecule has 0 fully saturated rings. The van der Waals surface area contributed by atoms with E-state index in [2.05, 4.69) is 51.6 Å². The maximum absolute atomic E-state index is 6.06. The molecule has 0 saturated heterocycles. The summed E-state index contributed by atoms with van der Waals surface area (Å²) < 4.78 is 0. The van der Waals surface area contributed by atoms with Gasteiger partial charge in [-0.25, -0.2) is 9.97 Å². The Morgan fingerprint density at radius 1 is 1.33 bits per heavy atom. The lowest BCUT2D eigenvalue weighted by atomic mass is 10.1. The van der Waals surface area contributed by atoms with Crippen LogP contribution in [-0.4, -0.2) is 21.5 Å². The minimum absolute atomic E-state index is 0.289. The number of aromatic nitrogens is 3. The van der Waals surface area contributed by atoms with Crippen LogP contribution in [0.5, 0.6) is 0 Å². The third-order valence-corrected chi connectivity index (χ3v) is 3.87. The van der Waals surface area contributed by atoms with Gasteiger partial charge in [0.15, 0.2) is 0 Å². The van der Waals surface area contributed by atoms with Crippen LogP contribution in [0.3, 0.4) is 0 Å². The number of benzene rings is 1. The number of nitrogens with one attached hydrogen (secondary N) is 2. The van der Waals surface area contributed by atoms with Gasteiger partial charge in [-0.2, -0.15) is 0 Å². The maximum atomic E-state index is 6.06. The van der Waals surface area contributed by atoms with Crippen molar-refractivity contribution in [3.63, 3.8) is 0 Å². The molecule has 4 N–H and O–H groups in total. The molecule has 0 atom stereocenters. The third-order valence-electron chi connectivity index (χ3n) is 3.50. The van der Waals surface area contributed by atoms with Crippen LogP contribution in [0.2, 0.25) is 5.02 Å². The second kappa shape index (κ2) is 5.61. The summed E-state index contributed by atoms with van der Waals surface area (Å²) >= 11 is 6.06. The highest BCUT2D eigenvalue weighted by Gasteiger charge is 2.08. The van der Waals surface area contributed by atoms with E-state index in [0.29, 0.717) is 10.8 Å². The Hall–Kier alpha value is -2.27. The van der Waals surface area contributed by atoms with Crippen LogP contribution in [0.1, 0.15) is 11.1 Å². The predicted octanol–water partition coefficient (Wildman–Crippen LogP) is 3.16. The van der Waals surface area contributed by atoms with E-state index in [0.717, 1.165) is 18.5 Å². The van der Waals surface area contributed by atoms with Crippen LogP contribution < -0.4 is 11.1 Å². The smallest absolute Gasteiger partial charge is 0.150 e. The summed E-state index contributed by atoms with van der Waals surface area (Å²) in [4.78, 5) is 11.2. The first-order valence-corrected chi connectivity index (χ1v) is 7.10. The molecule has 0 aliphatic heterocycles. The SMILES string of the molecule is Cc1cccc2[nH]cc(CCNc3ncnc(N)c3Cl)c12. The van der Waals surface area contributed by atoms with Crippen molar-refractivity contribution in [2.24, 2.45) is 0 Å². The fraction of sp³-hybridized carbons (Fsp3) is 0.200. The van der Waals surface area contributed by atoms with Crippen LogP contribution >= 0.6 is 11.6 Å². The number of fused-ring (bicyclic) bond motifs is 1. The van der Waals surface area contributed by atoms with E-state index in [1.54, 1.807) is 0 Å². The molecule has 0 radical (unpaired) electrons. The average molecular weight is 302 g/mol. The monoisotopic (exact) mass is 301 g/mol. The maximum Gasteiger partial charge on any atom is 0.150 e. The van der Waals surface area contributed by atoms with Crippen LogP contribution in [0.25, 0.3) is 10.9 Å². The second-order valence-electron chi connectivity index (χ2n) is 4.91. The van der Waals surface area contributed by atoms with Gasteiger partial charge in [-0.05, 0) is 30.5 Å². The highest BCUT2D eigenvalue weighted by Crippen LogP contribution is 2.24. The van der Waals surface area contributed by atoms with Crippen LogP contribution in [-0.2, 0) is 6.42 Å². The molecule has 21 heavy (non-hydrogen) atoms. The molecule has 0 spiro atoms. The average Bonchev–Trinajstić information content (AvgIpc) is 2.88. The highest BCUT2D eigenvalue weighted by molar-refractivity contribution is 6.35. The van der Waals surface area contributed by atoms with Crippen LogP contribution in [0.4, 0.5) is 11.6 Å². The summed E-state index contributed by atoms with van der Waals surface area (Å²) in [6.07, 6.45) is 4.32. The highest BCUT2D eigenvalue weighted by atomic mass is 35.5. The zero-order valence-electron chi connectivity index (χ0n) is 11.7. The number of aromatic amines is 1. The van der Waals surface area contributed by atoms with E-state index in [1.807, 2.05) is 0 Å². The largest absolute Gasteiger partial charge is 0.382 e. The van der Waals surface area contributed by atoms with E-state index < -0.39 is 0 Å². The van der Waals surface area contributed by atoms with E-state index in [9.17, 15) is 0 Å². The number of nitrogens with zero attached hydrogens (tertiary/aromatic N) is 2. The van der Waals surface area contributed by atoms with Gasteiger partial charge < -0.3 is 16.0 Å². The molecule has 6 heteroatoms. The van der Waals surface area contributed by atoms with Gasteiger partial charge >= 0.3 is 0 Å². The number of rotatable bonds is 4. The fourth-order valence-corrected chi connectivity index (χ4v) is 2.64. The number of halogens is 1. The van der Waals surface area contributed by atoms with Crippen molar-refractivity contribution in [1.82, 2.24) is 15.0 Å². The Bertz CT molecular complexity index is 781. The Morgan fingerprint density at radius 3 is 3.05 bits per heavy atom. The summed E-state index contributed by atoms with van der Waals surface area (Å²) in [6, 6.07) is 6.26. The van der Waals surface area contributed by atoms with Crippen molar-refractivity contribution in [3.8, 4) is 0 Å². The Balaban J connectivity index is 1.74. The number of H-pyrrole nitrogens is 1. The molecule has 3 aromatic rings. The van der Waals surface area contributed by atoms with Crippen molar-refractivity contribution in [2.75, 3.05) is 17.6 Å². The zero-order valence-corrected chi connectivity index (χ0v) is 12.4. The standard InChI is InChI=1S/C15H16ClN5/c1-9-3-2-4-11-12(9)10(7-19-11)5-6-18-15-13(16)14(17)20-8-21-15/h2-4,7-8,19H,5-6H2,1H3,(H3,17,18,20,21). The lowest BCUT2D eigenvalue weighted by molar-refractivity contribution is 1.01. The molecule has 0 amide bonds. The van der Waals surface area contributed by atoms with Crippen molar-refractivity contribution >= 4 is 34.1 Å². The topological polar surface area (TPSA) is 79.6 Å². The second-order valence-corrected chi connectivity index (χ2v) is 5.29. The minimum Gasteiger partial charge on any atom is -0.382 e. The van der Waals surface area contributed by atoms with Crippen molar-refractivity contribution in [1.29, 1.82) is 0 Å². The molecule has 0 aliphatic carbocycles. The number of nitrogens with two attached hydrogens (primary N) is 1.